The normalized spacial score (nSPS) is 13.1. The fourth-order valence-electron chi connectivity index (χ4n) is 3.34. The topological polar surface area (TPSA) is 12.5 Å². The zero-order valence-electron chi connectivity index (χ0n) is 15.2. The second-order valence-electron chi connectivity index (χ2n) is 6.81. The number of rotatable bonds is 4. The van der Waals surface area contributed by atoms with E-state index < -0.39 is 0 Å². The van der Waals surface area contributed by atoms with Gasteiger partial charge in [0.2, 0.25) is 0 Å². The summed E-state index contributed by atoms with van der Waals surface area (Å²) in [5, 5.41) is 0. The van der Waals surface area contributed by atoms with Gasteiger partial charge < -0.3 is 9.64 Å². The second-order valence-corrected chi connectivity index (χ2v) is 8.96. The lowest BCUT2D eigenvalue weighted by Crippen LogP contribution is -2.35. The first-order valence-electron chi connectivity index (χ1n) is 9.13. The van der Waals surface area contributed by atoms with Crippen molar-refractivity contribution in [2.24, 2.45) is 0 Å². The van der Waals surface area contributed by atoms with E-state index in [-0.39, 0.29) is 0 Å². The molecule has 142 valence electrons. The van der Waals surface area contributed by atoms with Gasteiger partial charge in [0.15, 0.2) is 0 Å². The highest BCUT2D eigenvalue weighted by Crippen LogP contribution is 2.29. The molecule has 3 aromatic rings. The highest BCUT2D eigenvalue weighted by atomic mass is 79.9. The van der Waals surface area contributed by atoms with Crippen LogP contribution in [0, 0.1) is 0 Å². The summed E-state index contributed by atoms with van der Waals surface area (Å²) < 4.78 is 7.95. The van der Waals surface area contributed by atoms with Crippen LogP contribution in [0.4, 0.5) is 0 Å². The van der Waals surface area contributed by atoms with E-state index >= 15 is 0 Å². The number of fused-ring (bicyclic) bond motifs is 1. The van der Waals surface area contributed by atoms with Gasteiger partial charge in [-0.1, -0.05) is 64.5 Å². The summed E-state index contributed by atoms with van der Waals surface area (Å²) in [6, 6.07) is 22.8. The predicted octanol–water partition coefficient (Wildman–Crippen LogP) is 6.52. The third-order valence-corrected chi connectivity index (χ3v) is 6.55. The van der Waals surface area contributed by atoms with E-state index in [1.165, 1.54) is 11.1 Å². The van der Waals surface area contributed by atoms with Gasteiger partial charge in [0, 0.05) is 23.1 Å². The fraction of sp³-hybridized carbons (Fsp3) is 0.174. The fourth-order valence-corrected chi connectivity index (χ4v) is 4.38. The first kappa shape index (κ1) is 19.6. The number of hydrogen-bond donors (Lipinski definition) is 0. The smallest absolute Gasteiger partial charge is 0.134 e. The molecule has 28 heavy (non-hydrogen) atoms. The van der Waals surface area contributed by atoms with Gasteiger partial charge in [0.05, 0.1) is 4.47 Å². The molecular formula is C23H19Br2NOS. The van der Waals surface area contributed by atoms with Crippen LogP contribution in [0.2, 0.25) is 0 Å². The molecule has 1 aliphatic rings. The molecule has 0 fully saturated rings. The molecule has 5 heteroatoms. The van der Waals surface area contributed by atoms with Gasteiger partial charge in [-0.25, -0.2) is 0 Å². The third-order valence-electron chi connectivity index (χ3n) is 4.90. The molecular weight excluding hydrogens is 498 g/mol. The van der Waals surface area contributed by atoms with Gasteiger partial charge >= 0.3 is 0 Å². The van der Waals surface area contributed by atoms with E-state index in [0.717, 1.165) is 50.3 Å². The molecule has 0 spiro atoms. The Labute approximate surface area is 187 Å². The molecule has 0 saturated carbocycles. The van der Waals surface area contributed by atoms with Gasteiger partial charge in [-0.3, -0.25) is 0 Å². The quantitative estimate of drug-likeness (QED) is 0.366. The minimum atomic E-state index is 0.526. The van der Waals surface area contributed by atoms with Crippen molar-refractivity contribution in [3.8, 4) is 5.75 Å². The van der Waals surface area contributed by atoms with E-state index in [1.807, 2.05) is 24.3 Å². The molecule has 0 unspecified atom stereocenters. The summed E-state index contributed by atoms with van der Waals surface area (Å²) in [5.74, 6) is 0.818. The van der Waals surface area contributed by atoms with Gasteiger partial charge in [0.25, 0.3) is 0 Å². The standard InChI is InChI=1S/C23H19Br2NOS/c24-20-8-5-16(6-9-20)15-27-22-10-7-18(13-21(22)25)23(28)26-12-11-17-3-1-2-4-19(17)14-26/h1-10,13H,11-12,14-15H2. The zero-order valence-corrected chi connectivity index (χ0v) is 19.2. The molecule has 0 saturated heterocycles. The average Bonchev–Trinajstić information content (AvgIpc) is 2.73. The first-order chi connectivity index (χ1) is 13.6. The molecule has 2 nitrogen and oxygen atoms in total. The second kappa shape index (κ2) is 8.76. The highest BCUT2D eigenvalue weighted by Gasteiger charge is 2.19. The summed E-state index contributed by atoms with van der Waals surface area (Å²) >= 11 is 12.9. The molecule has 0 bridgehead atoms. The minimum Gasteiger partial charge on any atom is -0.488 e. The van der Waals surface area contributed by atoms with Crippen LogP contribution >= 0.6 is 44.1 Å². The SMILES string of the molecule is S=C(c1ccc(OCc2ccc(Br)cc2)c(Br)c1)N1CCc2ccccc2C1. The van der Waals surface area contributed by atoms with Crippen LogP contribution in [-0.2, 0) is 19.6 Å². The summed E-state index contributed by atoms with van der Waals surface area (Å²) in [5.41, 5.74) is 4.96. The summed E-state index contributed by atoms with van der Waals surface area (Å²) in [6.45, 7) is 2.35. The van der Waals surface area contributed by atoms with Crippen LogP contribution in [0.15, 0.2) is 75.7 Å². The molecule has 4 rings (SSSR count). The lowest BCUT2D eigenvalue weighted by Gasteiger charge is -2.31. The zero-order chi connectivity index (χ0) is 19.5. The molecule has 0 radical (unpaired) electrons. The van der Waals surface area contributed by atoms with Crippen molar-refractivity contribution in [1.82, 2.24) is 4.90 Å². The monoisotopic (exact) mass is 515 g/mol. The van der Waals surface area contributed by atoms with Gasteiger partial charge in [-0.2, -0.15) is 0 Å². The van der Waals surface area contributed by atoms with Gasteiger partial charge in [0.1, 0.15) is 17.3 Å². The Balaban J connectivity index is 1.44. The molecule has 3 aromatic carbocycles. The van der Waals surface area contributed by atoms with Gasteiger partial charge in [-0.15, -0.1) is 0 Å². The van der Waals surface area contributed by atoms with Crippen LogP contribution in [0.25, 0.3) is 0 Å². The maximum Gasteiger partial charge on any atom is 0.134 e. The summed E-state index contributed by atoms with van der Waals surface area (Å²) in [7, 11) is 0. The van der Waals surface area contributed by atoms with Crippen molar-refractivity contribution in [2.45, 2.75) is 19.6 Å². The number of nitrogens with zero attached hydrogens (tertiary/aromatic N) is 1. The summed E-state index contributed by atoms with van der Waals surface area (Å²) in [4.78, 5) is 3.16. The Hall–Kier alpha value is -1.69. The van der Waals surface area contributed by atoms with Crippen molar-refractivity contribution in [3.63, 3.8) is 0 Å². The van der Waals surface area contributed by atoms with E-state index in [0.29, 0.717) is 6.61 Å². The maximum absolute atomic E-state index is 5.97. The van der Waals surface area contributed by atoms with Crippen LogP contribution in [0.5, 0.6) is 5.75 Å². The molecule has 1 heterocycles. The first-order valence-corrected chi connectivity index (χ1v) is 11.1. The van der Waals surface area contributed by atoms with E-state index in [1.54, 1.807) is 0 Å². The maximum atomic E-state index is 5.97. The van der Waals surface area contributed by atoms with Crippen LogP contribution in [-0.4, -0.2) is 16.4 Å². The Morgan fingerprint density at radius 1 is 0.964 bits per heavy atom. The van der Waals surface area contributed by atoms with E-state index in [9.17, 15) is 0 Å². The van der Waals surface area contributed by atoms with Crippen LogP contribution < -0.4 is 4.74 Å². The number of benzene rings is 3. The number of hydrogen-bond acceptors (Lipinski definition) is 2. The highest BCUT2D eigenvalue weighted by molar-refractivity contribution is 9.10. The van der Waals surface area contributed by atoms with Crippen LogP contribution in [0.1, 0.15) is 22.3 Å². The predicted molar refractivity (Wildman–Crippen MR) is 125 cm³/mol. The Morgan fingerprint density at radius 2 is 1.71 bits per heavy atom. The number of halogens is 2. The third kappa shape index (κ3) is 4.48. The van der Waals surface area contributed by atoms with E-state index in [2.05, 4.69) is 79.2 Å². The van der Waals surface area contributed by atoms with Gasteiger partial charge in [-0.05, 0) is 69.4 Å². The van der Waals surface area contributed by atoms with Crippen molar-refractivity contribution in [2.75, 3.05) is 6.54 Å². The number of ether oxygens (including phenoxy) is 1. The summed E-state index contributed by atoms with van der Waals surface area (Å²) in [6.07, 6.45) is 1.03. The van der Waals surface area contributed by atoms with E-state index in [4.69, 9.17) is 17.0 Å². The Bertz CT molecular complexity index is 1000. The number of thiocarbonyl (C=S) groups is 1. The van der Waals surface area contributed by atoms with Crippen molar-refractivity contribution < 1.29 is 4.74 Å². The average molecular weight is 517 g/mol. The molecule has 0 atom stereocenters. The lowest BCUT2D eigenvalue weighted by molar-refractivity contribution is 0.304. The minimum absolute atomic E-state index is 0.526. The molecule has 0 amide bonds. The Morgan fingerprint density at radius 3 is 2.46 bits per heavy atom. The van der Waals surface area contributed by atoms with Crippen molar-refractivity contribution >= 4 is 49.1 Å². The molecule has 0 aliphatic carbocycles. The largest absolute Gasteiger partial charge is 0.488 e. The Kier molecular flexibility index (Phi) is 6.14. The molecule has 0 aromatic heterocycles. The molecule has 1 aliphatic heterocycles. The van der Waals surface area contributed by atoms with Crippen molar-refractivity contribution in [3.05, 3.63) is 97.9 Å². The van der Waals surface area contributed by atoms with Crippen LogP contribution in [0.3, 0.4) is 0 Å². The lowest BCUT2D eigenvalue weighted by atomic mass is 9.99. The molecule has 0 N–H and O–H groups in total. The van der Waals surface area contributed by atoms with Crippen molar-refractivity contribution in [1.29, 1.82) is 0 Å².